The summed E-state index contributed by atoms with van der Waals surface area (Å²) in [5.41, 5.74) is 7.35. The van der Waals surface area contributed by atoms with Crippen molar-refractivity contribution in [2.45, 2.75) is 13.8 Å². The summed E-state index contributed by atoms with van der Waals surface area (Å²) in [6, 6.07) is 2.60. The number of nitrogen functional groups attached to an aromatic ring is 1. The third-order valence-corrected chi connectivity index (χ3v) is 2.94. The van der Waals surface area contributed by atoms with E-state index in [0.717, 1.165) is 5.69 Å². The van der Waals surface area contributed by atoms with Crippen molar-refractivity contribution in [3.63, 3.8) is 0 Å². The van der Waals surface area contributed by atoms with Gasteiger partial charge >= 0.3 is 0 Å². The molecule has 0 saturated carbocycles. The lowest BCUT2D eigenvalue weighted by Crippen LogP contribution is -1.97. The summed E-state index contributed by atoms with van der Waals surface area (Å²) in [7, 11) is 3.27. The zero-order chi connectivity index (χ0) is 14.2. The Kier molecular flexibility index (Phi) is 3.33. The molecule has 5 nitrogen and oxygen atoms in total. The smallest absolute Gasteiger partial charge is 0.171 e. The van der Waals surface area contributed by atoms with Crippen molar-refractivity contribution >= 4 is 5.69 Å². The molecule has 6 heteroatoms. The van der Waals surface area contributed by atoms with E-state index in [-0.39, 0.29) is 11.4 Å². The molecule has 19 heavy (non-hydrogen) atoms. The molecule has 0 saturated heterocycles. The van der Waals surface area contributed by atoms with Crippen LogP contribution in [0.5, 0.6) is 17.2 Å². The number of aromatic nitrogens is 2. The van der Waals surface area contributed by atoms with Crippen LogP contribution < -0.4 is 15.2 Å². The summed E-state index contributed by atoms with van der Waals surface area (Å²) in [5.74, 6) is 0.426. The topological polar surface area (TPSA) is 62.3 Å². The molecule has 102 valence electrons. The number of methoxy groups -OCH3 is 1. The molecule has 0 fully saturated rings. The zero-order valence-corrected chi connectivity index (χ0v) is 11.3. The summed E-state index contributed by atoms with van der Waals surface area (Å²) in [4.78, 5) is 0. The molecule has 1 heterocycles. The van der Waals surface area contributed by atoms with Crippen molar-refractivity contribution in [2.75, 3.05) is 12.8 Å². The van der Waals surface area contributed by atoms with Gasteiger partial charge in [0.1, 0.15) is 11.4 Å². The maximum Gasteiger partial charge on any atom is 0.171 e. The highest BCUT2D eigenvalue weighted by atomic mass is 19.1. The Labute approximate surface area is 110 Å². The predicted molar refractivity (Wildman–Crippen MR) is 70.1 cm³/mol. The van der Waals surface area contributed by atoms with Crippen LogP contribution >= 0.6 is 0 Å². The van der Waals surface area contributed by atoms with Crippen molar-refractivity contribution in [1.82, 2.24) is 9.78 Å². The van der Waals surface area contributed by atoms with Crippen LogP contribution in [0.25, 0.3) is 0 Å². The highest BCUT2D eigenvalue weighted by Crippen LogP contribution is 2.34. The Morgan fingerprint density at radius 2 is 1.95 bits per heavy atom. The number of rotatable bonds is 3. The van der Waals surface area contributed by atoms with Crippen molar-refractivity contribution in [1.29, 1.82) is 0 Å². The lowest BCUT2D eigenvalue weighted by Gasteiger charge is -2.10. The number of nitrogens with zero attached hydrogens (tertiary/aromatic N) is 2. The first kappa shape index (κ1) is 13.2. The number of halogens is 1. The first-order valence-corrected chi connectivity index (χ1v) is 5.75. The second kappa shape index (κ2) is 4.79. The second-order valence-corrected chi connectivity index (χ2v) is 4.25. The number of hydrogen-bond donors (Lipinski definition) is 1. The van der Waals surface area contributed by atoms with E-state index in [4.69, 9.17) is 15.2 Å². The van der Waals surface area contributed by atoms with Gasteiger partial charge in [-0.25, -0.2) is 4.39 Å². The lowest BCUT2D eigenvalue weighted by molar-refractivity contribution is 0.401. The van der Waals surface area contributed by atoms with Crippen molar-refractivity contribution in [3.8, 4) is 17.2 Å². The number of aryl methyl sites for hydroxylation is 2. The normalized spacial score (nSPS) is 10.6. The van der Waals surface area contributed by atoms with Crippen LogP contribution in [0.3, 0.4) is 0 Å². The van der Waals surface area contributed by atoms with Gasteiger partial charge in [-0.2, -0.15) is 5.10 Å². The molecule has 0 bridgehead atoms. The number of ether oxygens (including phenoxy) is 2. The summed E-state index contributed by atoms with van der Waals surface area (Å²) in [6.45, 7) is 3.65. The molecule has 0 atom stereocenters. The second-order valence-electron chi connectivity index (χ2n) is 4.25. The monoisotopic (exact) mass is 265 g/mol. The van der Waals surface area contributed by atoms with E-state index in [0.29, 0.717) is 17.2 Å². The third kappa shape index (κ3) is 2.33. The maximum atomic E-state index is 13.8. The summed E-state index contributed by atoms with van der Waals surface area (Å²) < 4.78 is 26.2. The Morgan fingerprint density at radius 1 is 1.26 bits per heavy atom. The van der Waals surface area contributed by atoms with Crippen molar-refractivity contribution in [3.05, 3.63) is 29.3 Å². The minimum absolute atomic E-state index is 0.0604. The van der Waals surface area contributed by atoms with Crippen molar-refractivity contribution < 1.29 is 13.9 Å². The fourth-order valence-corrected chi connectivity index (χ4v) is 1.82. The van der Waals surface area contributed by atoms with E-state index in [2.05, 4.69) is 5.10 Å². The standard InChI is InChI=1S/C13H16FN3O2/c1-7-13(8(2)17(3)16-7)19-11-6-12(18-4)10(15)5-9(11)14/h5-6H,15H2,1-4H3. The molecule has 0 amide bonds. The molecule has 0 radical (unpaired) electrons. The lowest BCUT2D eigenvalue weighted by atomic mass is 10.2. The average Bonchev–Trinajstić information content (AvgIpc) is 2.59. The van der Waals surface area contributed by atoms with Gasteiger partial charge in [-0.1, -0.05) is 0 Å². The highest BCUT2D eigenvalue weighted by molar-refractivity contribution is 5.57. The highest BCUT2D eigenvalue weighted by Gasteiger charge is 2.16. The summed E-state index contributed by atoms with van der Waals surface area (Å²) in [5, 5.41) is 4.21. The van der Waals surface area contributed by atoms with Crippen LogP contribution in [-0.2, 0) is 7.05 Å². The van der Waals surface area contributed by atoms with E-state index in [1.54, 1.807) is 18.7 Å². The van der Waals surface area contributed by atoms with E-state index >= 15 is 0 Å². The largest absolute Gasteiger partial charge is 0.494 e. The first-order chi connectivity index (χ1) is 8.93. The van der Waals surface area contributed by atoms with Crippen LogP contribution in [0.15, 0.2) is 12.1 Å². The quantitative estimate of drug-likeness (QED) is 0.866. The van der Waals surface area contributed by atoms with Gasteiger partial charge in [0.05, 0.1) is 18.5 Å². The molecule has 2 aromatic rings. The Morgan fingerprint density at radius 3 is 2.47 bits per heavy atom. The van der Waals surface area contributed by atoms with Gasteiger partial charge < -0.3 is 15.2 Å². The van der Waals surface area contributed by atoms with Crippen LogP contribution in [-0.4, -0.2) is 16.9 Å². The Bertz CT molecular complexity index is 623. The molecule has 0 spiro atoms. The van der Waals surface area contributed by atoms with Gasteiger partial charge in [-0.05, 0) is 13.8 Å². The van der Waals surface area contributed by atoms with Gasteiger partial charge in [-0.3, -0.25) is 4.68 Å². The minimum Gasteiger partial charge on any atom is -0.494 e. The number of nitrogens with two attached hydrogens (primary N) is 1. The molecule has 0 aliphatic heterocycles. The van der Waals surface area contributed by atoms with Crippen LogP contribution in [0.2, 0.25) is 0 Å². The third-order valence-electron chi connectivity index (χ3n) is 2.94. The molecule has 0 aliphatic carbocycles. The fourth-order valence-electron chi connectivity index (χ4n) is 1.82. The maximum absolute atomic E-state index is 13.8. The van der Waals surface area contributed by atoms with Crippen LogP contribution in [0.4, 0.5) is 10.1 Å². The Balaban J connectivity index is 2.43. The first-order valence-electron chi connectivity index (χ1n) is 5.75. The van der Waals surface area contributed by atoms with Gasteiger partial charge in [0.25, 0.3) is 0 Å². The van der Waals surface area contributed by atoms with Gasteiger partial charge in [0, 0.05) is 19.2 Å². The van der Waals surface area contributed by atoms with Crippen molar-refractivity contribution in [2.24, 2.45) is 7.05 Å². The Hall–Kier alpha value is -2.24. The van der Waals surface area contributed by atoms with Gasteiger partial charge in [0.2, 0.25) is 0 Å². The SMILES string of the molecule is COc1cc(Oc2c(C)nn(C)c2C)c(F)cc1N. The van der Waals surface area contributed by atoms with Crippen LogP contribution in [0.1, 0.15) is 11.4 Å². The van der Waals surface area contributed by atoms with E-state index < -0.39 is 5.82 Å². The zero-order valence-electron chi connectivity index (χ0n) is 11.3. The van der Waals surface area contributed by atoms with E-state index in [9.17, 15) is 4.39 Å². The summed E-state index contributed by atoms with van der Waals surface area (Å²) >= 11 is 0. The summed E-state index contributed by atoms with van der Waals surface area (Å²) in [6.07, 6.45) is 0. The average molecular weight is 265 g/mol. The predicted octanol–water partition coefficient (Wildman–Crippen LogP) is 2.56. The van der Waals surface area contributed by atoms with E-state index in [1.165, 1.54) is 19.2 Å². The molecule has 2 rings (SSSR count). The van der Waals surface area contributed by atoms with Crippen LogP contribution in [0, 0.1) is 19.7 Å². The minimum atomic E-state index is -0.541. The molecule has 0 unspecified atom stereocenters. The molecular weight excluding hydrogens is 249 g/mol. The molecule has 2 N–H and O–H groups in total. The van der Waals surface area contributed by atoms with E-state index in [1.807, 2.05) is 6.92 Å². The molecule has 1 aromatic carbocycles. The fraction of sp³-hybridized carbons (Fsp3) is 0.308. The van der Waals surface area contributed by atoms with Gasteiger partial charge in [0.15, 0.2) is 17.3 Å². The number of hydrogen-bond acceptors (Lipinski definition) is 4. The molecule has 0 aliphatic rings. The number of benzene rings is 1. The molecule has 1 aromatic heterocycles. The number of anilines is 1. The molecular formula is C13H16FN3O2. The van der Waals surface area contributed by atoms with Gasteiger partial charge in [-0.15, -0.1) is 0 Å².